The van der Waals surface area contributed by atoms with Gasteiger partial charge in [0.2, 0.25) is 0 Å². The van der Waals surface area contributed by atoms with Crippen LogP contribution in [0.4, 0.5) is 11.4 Å². The number of ether oxygens (including phenoxy) is 1. The molecule has 0 radical (unpaired) electrons. The normalized spacial score (nSPS) is 10.1. The summed E-state index contributed by atoms with van der Waals surface area (Å²) in [6.45, 7) is 9.80. The van der Waals surface area contributed by atoms with Crippen molar-refractivity contribution in [3.8, 4) is 0 Å². The molecule has 88 valence electrons. The van der Waals surface area contributed by atoms with Crippen LogP contribution in [-0.2, 0) is 4.74 Å². The Labute approximate surface area is 97.3 Å². The predicted octanol–water partition coefficient (Wildman–Crippen LogP) is 2.58. The zero-order valence-corrected chi connectivity index (χ0v) is 10.0. The highest BCUT2D eigenvalue weighted by atomic mass is 16.5. The Morgan fingerprint density at radius 2 is 2.25 bits per heavy atom. The Morgan fingerprint density at radius 1 is 1.50 bits per heavy atom. The number of hydrogen-bond acceptors (Lipinski definition) is 3. The monoisotopic (exact) mass is 220 g/mol. The van der Waals surface area contributed by atoms with Gasteiger partial charge in [-0.3, -0.25) is 0 Å². The number of hydrogen-bond donors (Lipinski definition) is 2. The molecule has 0 saturated carbocycles. The molecule has 3 heteroatoms. The Hall–Kier alpha value is -1.48. The predicted molar refractivity (Wildman–Crippen MR) is 69.7 cm³/mol. The first-order chi connectivity index (χ1) is 7.61. The molecule has 0 fully saturated rings. The van der Waals surface area contributed by atoms with Gasteiger partial charge in [0, 0.05) is 17.9 Å². The minimum atomic E-state index is 0.623. The summed E-state index contributed by atoms with van der Waals surface area (Å²) >= 11 is 0. The molecule has 3 N–H and O–H groups in total. The average Bonchev–Trinajstić information content (AvgIpc) is 2.23. The number of benzene rings is 1. The van der Waals surface area contributed by atoms with Crippen LogP contribution in [0, 0.1) is 6.92 Å². The lowest BCUT2D eigenvalue weighted by molar-refractivity contribution is 0.167. The zero-order chi connectivity index (χ0) is 12.0. The van der Waals surface area contributed by atoms with Gasteiger partial charge in [-0.1, -0.05) is 18.2 Å². The molecule has 1 aromatic carbocycles. The summed E-state index contributed by atoms with van der Waals surface area (Å²) < 4.78 is 5.39. The van der Waals surface area contributed by atoms with E-state index < -0.39 is 0 Å². The lowest BCUT2D eigenvalue weighted by atomic mass is 10.1. The molecule has 3 nitrogen and oxygen atoms in total. The summed E-state index contributed by atoms with van der Waals surface area (Å²) in [7, 11) is 0. The van der Waals surface area contributed by atoms with Gasteiger partial charge in [0.1, 0.15) is 0 Å². The van der Waals surface area contributed by atoms with Crippen molar-refractivity contribution in [2.24, 2.45) is 0 Å². The van der Waals surface area contributed by atoms with E-state index in [2.05, 4.69) is 11.9 Å². The molecule has 16 heavy (non-hydrogen) atoms. The Balaban J connectivity index is 2.32. The van der Waals surface area contributed by atoms with E-state index in [0.717, 1.165) is 29.1 Å². The van der Waals surface area contributed by atoms with Crippen LogP contribution in [0.2, 0.25) is 0 Å². The van der Waals surface area contributed by atoms with Crippen molar-refractivity contribution in [2.75, 3.05) is 30.8 Å². The lowest BCUT2D eigenvalue weighted by Crippen LogP contribution is -2.11. The van der Waals surface area contributed by atoms with Crippen molar-refractivity contribution in [3.05, 3.63) is 35.9 Å². The maximum Gasteiger partial charge on any atom is 0.0672 e. The summed E-state index contributed by atoms with van der Waals surface area (Å²) in [5, 5.41) is 3.29. The number of nitrogen functional groups attached to an aromatic ring is 1. The quantitative estimate of drug-likeness (QED) is 0.440. The van der Waals surface area contributed by atoms with Crippen molar-refractivity contribution < 1.29 is 4.74 Å². The topological polar surface area (TPSA) is 47.3 Å². The van der Waals surface area contributed by atoms with E-state index >= 15 is 0 Å². The first-order valence-corrected chi connectivity index (χ1v) is 5.42. The third-order valence-electron chi connectivity index (χ3n) is 2.29. The molecule has 1 rings (SSSR count). The molecule has 0 atom stereocenters. The third-order valence-corrected chi connectivity index (χ3v) is 2.29. The van der Waals surface area contributed by atoms with Crippen LogP contribution in [0.5, 0.6) is 0 Å². The van der Waals surface area contributed by atoms with Crippen LogP contribution in [0.25, 0.3) is 0 Å². The van der Waals surface area contributed by atoms with E-state index in [9.17, 15) is 0 Å². The lowest BCUT2D eigenvalue weighted by Gasteiger charge is -2.11. The van der Waals surface area contributed by atoms with Gasteiger partial charge in [-0.05, 0) is 31.5 Å². The molecule has 0 amide bonds. The first kappa shape index (κ1) is 12.6. The molecule has 0 saturated heterocycles. The molecular weight excluding hydrogens is 200 g/mol. The van der Waals surface area contributed by atoms with Gasteiger partial charge in [-0.2, -0.15) is 0 Å². The van der Waals surface area contributed by atoms with E-state index in [0.29, 0.717) is 13.2 Å². The van der Waals surface area contributed by atoms with Crippen LogP contribution in [0.1, 0.15) is 12.5 Å². The largest absolute Gasteiger partial charge is 0.398 e. The van der Waals surface area contributed by atoms with Crippen molar-refractivity contribution in [2.45, 2.75) is 13.8 Å². The maximum absolute atomic E-state index is 5.81. The van der Waals surface area contributed by atoms with Crippen LogP contribution in [0.15, 0.2) is 30.4 Å². The van der Waals surface area contributed by atoms with Crippen LogP contribution in [-0.4, -0.2) is 19.8 Å². The molecule has 0 aromatic heterocycles. The van der Waals surface area contributed by atoms with Crippen LogP contribution < -0.4 is 11.1 Å². The van der Waals surface area contributed by atoms with Gasteiger partial charge >= 0.3 is 0 Å². The van der Waals surface area contributed by atoms with Crippen molar-refractivity contribution in [1.29, 1.82) is 0 Å². The molecule has 0 heterocycles. The summed E-state index contributed by atoms with van der Waals surface area (Å²) in [6, 6.07) is 5.86. The SMILES string of the molecule is C=C(C)COCCNc1cccc(N)c1C. The zero-order valence-electron chi connectivity index (χ0n) is 10.0. The first-order valence-electron chi connectivity index (χ1n) is 5.42. The second-order valence-corrected chi connectivity index (χ2v) is 3.96. The molecule has 0 bridgehead atoms. The number of nitrogens with two attached hydrogens (primary N) is 1. The van der Waals surface area contributed by atoms with E-state index in [1.165, 1.54) is 0 Å². The summed E-state index contributed by atoms with van der Waals surface area (Å²) in [4.78, 5) is 0. The molecule has 1 aromatic rings. The standard InChI is InChI=1S/C13H20N2O/c1-10(2)9-16-8-7-15-13-6-4-5-12(14)11(13)3/h4-6,15H,1,7-9,14H2,2-3H3. The molecule has 0 unspecified atom stereocenters. The van der Waals surface area contributed by atoms with E-state index in [1.54, 1.807) is 0 Å². The van der Waals surface area contributed by atoms with Crippen LogP contribution >= 0.6 is 0 Å². The van der Waals surface area contributed by atoms with Gasteiger partial charge in [0.15, 0.2) is 0 Å². The van der Waals surface area contributed by atoms with Gasteiger partial charge < -0.3 is 15.8 Å². The Kier molecular flexibility index (Phi) is 4.86. The van der Waals surface area contributed by atoms with Crippen molar-refractivity contribution in [3.63, 3.8) is 0 Å². The fraction of sp³-hybridized carbons (Fsp3) is 0.385. The molecule has 0 aliphatic heterocycles. The minimum Gasteiger partial charge on any atom is -0.398 e. The molecule has 0 spiro atoms. The van der Waals surface area contributed by atoms with Gasteiger partial charge in [-0.25, -0.2) is 0 Å². The Bertz CT molecular complexity index is 361. The second-order valence-electron chi connectivity index (χ2n) is 3.96. The smallest absolute Gasteiger partial charge is 0.0672 e. The fourth-order valence-electron chi connectivity index (χ4n) is 1.35. The van der Waals surface area contributed by atoms with E-state index in [-0.39, 0.29) is 0 Å². The minimum absolute atomic E-state index is 0.623. The molecule has 0 aliphatic carbocycles. The van der Waals surface area contributed by atoms with Crippen molar-refractivity contribution in [1.82, 2.24) is 0 Å². The van der Waals surface area contributed by atoms with Crippen molar-refractivity contribution >= 4 is 11.4 Å². The summed E-state index contributed by atoms with van der Waals surface area (Å²) in [6.07, 6.45) is 0. The number of nitrogens with one attached hydrogen (secondary N) is 1. The molecular formula is C13H20N2O. The van der Waals surface area contributed by atoms with Gasteiger partial charge in [0.05, 0.1) is 13.2 Å². The summed E-state index contributed by atoms with van der Waals surface area (Å²) in [5.74, 6) is 0. The van der Waals surface area contributed by atoms with Gasteiger partial charge in [0.25, 0.3) is 0 Å². The fourth-order valence-corrected chi connectivity index (χ4v) is 1.35. The number of anilines is 2. The number of rotatable bonds is 6. The van der Waals surface area contributed by atoms with Gasteiger partial charge in [-0.15, -0.1) is 0 Å². The summed E-state index contributed by atoms with van der Waals surface area (Å²) in [5.41, 5.74) is 9.82. The highest BCUT2D eigenvalue weighted by Gasteiger charge is 1.99. The van der Waals surface area contributed by atoms with E-state index in [4.69, 9.17) is 10.5 Å². The average molecular weight is 220 g/mol. The Morgan fingerprint density at radius 3 is 2.94 bits per heavy atom. The second kappa shape index (κ2) is 6.18. The highest BCUT2D eigenvalue weighted by molar-refractivity contribution is 5.62. The maximum atomic E-state index is 5.81. The highest BCUT2D eigenvalue weighted by Crippen LogP contribution is 2.19. The molecule has 0 aliphatic rings. The van der Waals surface area contributed by atoms with Crippen LogP contribution in [0.3, 0.4) is 0 Å². The van der Waals surface area contributed by atoms with E-state index in [1.807, 2.05) is 32.0 Å². The third kappa shape index (κ3) is 3.95.